The van der Waals surface area contributed by atoms with E-state index in [2.05, 4.69) is 9.97 Å². The predicted octanol–water partition coefficient (Wildman–Crippen LogP) is 2.14. The van der Waals surface area contributed by atoms with Gasteiger partial charge in [0.15, 0.2) is 0 Å². The summed E-state index contributed by atoms with van der Waals surface area (Å²) in [6.45, 7) is 5.02. The summed E-state index contributed by atoms with van der Waals surface area (Å²) >= 11 is 5.62. The molecule has 0 aliphatic carbocycles. The average molecular weight is 267 g/mol. The molecule has 0 unspecified atom stereocenters. The van der Waals surface area contributed by atoms with Gasteiger partial charge >= 0.3 is 0 Å². The molecule has 0 fully saturated rings. The summed E-state index contributed by atoms with van der Waals surface area (Å²) in [5.74, 6) is 0.107. The molecule has 1 heterocycles. The van der Waals surface area contributed by atoms with E-state index in [1.165, 1.54) is 12.4 Å². The van der Waals surface area contributed by atoms with Gasteiger partial charge in [-0.1, -0.05) is 25.4 Å². The van der Waals surface area contributed by atoms with E-state index in [1.807, 2.05) is 19.9 Å². The Hall–Kier alpha value is -1.67. The Morgan fingerprint density at radius 1 is 1.50 bits per heavy atom. The van der Waals surface area contributed by atoms with E-state index < -0.39 is 0 Å². The van der Waals surface area contributed by atoms with Crippen molar-refractivity contribution in [3.8, 4) is 6.07 Å². The molecule has 0 bridgehead atoms. The van der Waals surface area contributed by atoms with Gasteiger partial charge in [-0.25, -0.2) is 9.97 Å². The van der Waals surface area contributed by atoms with Crippen LogP contribution >= 0.6 is 11.6 Å². The minimum atomic E-state index is -0.219. The molecule has 0 saturated heterocycles. The lowest BCUT2D eigenvalue weighted by atomic mass is 10.2. The average Bonchev–Trinajstić information content (AvgIpc) is 2.34. The molecular weight excluding hydrogens is 252 g/mol. The minimum Gasteiger partial charge on any atom is -0.336 e. The van der Waals surface area contributed by atoms with E-state index in [-0.39, 0.29) is 16.8 Å². The minimum absolute atomic E-state index is 0.219. The molecule has 0 N–H and O–H groups in total. The van der Waals surface area contributed by atoms with E-state index in [1.54, 1.807) is 4.90 Å². The number of nitriles is 1. The Kier molecular flexibility index (Phi) is 5.53. The Balaban J connectivity index is 2.81. The number of amides is 1. The van der Waals surface area contributed by atoms with Crippen molar-refractivity contribution in [2.24, 2.45) is 5.92 Å². The highest BCUT2D eigenvalue weighted by Gasteiger charge is 2.18. The second-order valence-electron chi connectivity index (χ2n) is 4.28. The van der Waals surface area contributed by atoms with E-state index in [4.69, 9.17) is 16.9 Å². The van der Waals surface area contributed by atoms with Crippen LogP contribution in [-0.2, 0) is 0 Å². The molecule has 0 aromatic carbocycles. The third-order valence-corrected chi connectivity index (χ3v) is 2.40. The van der Waals surface area contributed by atoms with E-state index in [0.29, 0.717) is 25.4 Å². The summed E-state index contributed by atoms with van der Waals surface area (Å²) in [5.41, 5.74) is 0.248. The molecule has 18 heavy (non-hydrogen) atoms. The number of halogens is 1. The molecule has 1 amide bonds. The Morgan fingerprint density at radius 2 is 2.22 bits per heavy atom. The maximum atomic E-state index is 12.2. The van der Waals surface area contributed by atoms with Crippen molar-refractivity contribution in [2.75, 3.05) is 13.1 Å². The Labute approximate surface area is 111 Å². The Morgan fingerprint density at radius 3 is 2.72 bits per heavy atom. The lowest BCUT2D eigenvalue weighted by Crippen LogP contribution is -2.35. The molecule has 1 rings (SSSR count). The van der Waals surface area contributed by atoms with Crippen LogP contribution in [0.2, 0.25) is 5.15 Å². The molecule has 0 spiro atoms. The standard InChI is InChI=1S/C12H15ClN4O/c1-9(2)8-17(5-3-4-14)12(18)10-6-16-11(13)7-15-10/h6-7,9H,3,5,8H2,1-2H3. The summed E-state index contributed by atoms with van der Waals surface area (Å²) in [5, 5.41) is 8.85. The van der Waals surface area contributed by atoms with Gasteiger partial charge in [0.05, 0.1) is 24.9 Å². The van der Waals surface area contributed by atoms with Crippen LogP contribution in [-0.4, -0.2) is 33.9 Å². The summed E-state index contributed by atoms with van der Waals surface area (Å²) in [4.78, 5) is 21.6. The van der Waals surface area contributed by atoms with E-state index in [9.17, 15) is 4.79 Å². The number of aromatic nitrogens is 2. The third kappa shape index (κ3) is 4.30. The first-order chi connectivity index (χ1) is 8.54. The maximum absolute atomic E-state index is 12.2. The van der Waals surface area contributed by atoms with Gasteiger partial charge in [0, 0.05) is 13.1 Å². The van der Waals surface area contributed by atoms with Gasteiger partial charge in [-0.3, -0.25) is 4.79 Å². The Bertz CT molecular complexity index is 438. The molecule has 96 valence electrons. The number of carbonyl (C=O) groups is 1. The van der Waals surface area contributed by atoms with Crippen LogP contribution in [0.25, 0.3) is 0 Å². The largest absolute Gasteiger partial charge is 0.336 e. The van der Waals surface area contributed by atoms with Crippen LogP contribution in [0.4, 0.5) is 0 Å². The second kappa shape index (κ2) is 6.92. The molecule has 6 heteroatoms. The van der Waals surface area contributed by atoms with Gasteiger partial charge in [0.2, 0.25) is 0 Å². The normalized spacial score (nSPS) is 10.2. The van der Waals surface area contributed by atoms with E-state index >= 15 is 0 Å². The highest BCUT2D eigenvalue weighted by atomic mass is 35.5. The summed E-state index contributed by atoms with van der Waals surface area (Å²) in [6.07, 6.45) is 3.00. The van der Waals surface area contributed by atoms with Crippen LogP contribution < -0.4 is 0 Å². The fraction of sp³-hybridized carbons (Fsp3) is 0.500. The zero-order valence-corrected chi connectivity index (χ0v) is 11.2. The summed E-state index contributed by atoms with van der Waals surface area (Å²) in [7, 11) is 0. The summed E-state index contributed by atoms with van der Waals surface area (Å²) in [6, 6.07) is 2.04. The maximum Gasteiger partial charge on any atom is 0.274 e. The number of nitrogens with zero attached hydrogens (tertiary/aromatic N) is 4. The lowest BCUT2D eigenvalue weighted by Gasteiger charge is -2.23. The van der Waals surface area contributed by atoms with Gasteiger partial charge in [-0.2, -0.15) is 5.26 Å². The molecule has 0 aliphatic heterocycles. The predicted molar refractivity (Wildman–Crippen MR) is 68.0 cm³/mol. The quantitative estimate of drug-likeness (QED) is 0.819. The van der Waals surface area contributed by atoms with Crippen LogP contribution in [0.3, 0.4) is 0 Å². The molecule has 5 nitrogen and oxygen atoms in total. The zero-order chi connectivity index (χ0) is 13.5. The number of hydrogen-bond donors (Lipinski definition) is 0. The monoisotopic (exact) mass is 266 g/mol. The fourth-order valence-corrected chi connectivity index (χ4v) is 1.58. The van der Waals surface area contributed by atoms with Gasteiger partial charge in [0.25, 0.3) is 5.91 Å². The molecule has 0 atom stereocenters. The number of carbonyl (C=O) groups excluding carboxylic acids is 1. The smallest absolute Gasteiger partial charge is 0.274 e. The molecule has 1 aromatic heterocycles. The van der Waals surface area contributed by atoms with Crippen molar-refractivity contribution >= 4 is 17.5 Å². The highest BCUT2D eigenvalue weighted by molar-refractivity contribution is 6.29. The van der Waals surface area contributed by atoms with Crippen LogP contribution in [0, 0.1) is 17.2 Å². The molecule has 0 saturated carbocycles. The first-order valence-electron chi connectivity index (χ1n) is 5.68. The first-order valence-corrected chi connectivity index (χ1v) is 6.06. The van der Waals surface area contributed by atoms with Gasteiger partial charge < -0.3 is 4.90 Å². The van der Waals surface area contributed by atoms with Crippen LogP contribution in [0.1, 0.15) is 30.8 Å². The van der Waals surface area contributed by atoms with Crippen LogP contribution in [0.5, 0.6) is 0 Å². The zero-order valence-electron chi connectivity index (χ0n) is 10.4. The molecule has 0 aliphatic rings. The number of rotatable bonds is 5. The third-order valence-electron chi connectivity index (χ3n) is 2.21. The lowest BCUT2D eigenvalue weighted by molar-refractivity contribution is 0.0733. The van der Waals surface area contributed by atoms with Crippen molar-refractivity contribution in [1.82, 2.24) is 14.9 Å². The SMILES string of the molecule is CC(C)CN(CCC#N)C(=O)c1cnc(Cl)cn1. The van der Waals surface area contributed by atoms with Crippen molar-refractivity contribution in [3.63, 3.8) is 0 Å². The number of hydrogen-bond acceptors (Lipinski definition) is 4. The van der Waals surface area contributed by atoms with Crippen LogP contribution in [0.15, 0.2) is 12.4 Å². The first kappa shape index (κ1) is 14.4. The van der Waals surface area contributed by atoms with Crippen molar-refractivity contribution in [3.05, 3.63) is 23.2 Å². The molecule has 0 radical (unpaired) electrons. The molecular formula is C12H15ClN4O. The second-order valence-corrected chi connectivity index (χ2v) is 4.66. The van der Waals surface area contributed by atoms with Crippen molar-refractivity contribution in [1.29, 1.82) is 5.26 Å². The molecule has 1 aromatic rings. The summed E-state index contributed by atoms with van der Waals surface area (Å²) < 4.78 is 0. The van der Waals surface area contributed by atoms with Gasteiger partial charge in [0.1, 0.15) is 10.8 Å². The highest BCUT2D eigenvalue weighted by Crippen LogP contribution is 2.07. The van der Waals surface area contributed by atoms with E-state index in [0.717, 1.165) is 0 Å². The topological polar surface area (TPSA) is 69.9 Å². The fourth-order valence-electron chi connectivity index (χ4n) is 1.49. The van der Waals surface area contributed by atoms with Crippen molar-refractivity contribution in [2.45, 2.75) is 20.3 Å². The van der Waals surface area contributed by atoms with Gasteiger partial charge in [-0.15, -0.1) is 0 Å². The van der Waals surface area contributed by atoms with Crippen molar-refractivity contribution < 1.29 is 4.79 Å². The van der Waals surface area contributed by atoms with Gasteiger partial charge in [-0.05, 0) is 5.92 Å².